The number of piperidine rings is 1. The van der Waals surface area contributed by atoms with Gasteiger partial charge >= 0.3 is 0 Å². The number of aliphatic hydroxyl groups is 1. The Morgan fingerprint density at radius 2 is 2.10 bits per heavy atom. The predicted molar refractivity (Wildman–Crippen MR) is 80.9 cm³/mol. The highest BCUT2D eigenvalue weighted by Crippen LogP contribution is 2.29. The molecule has 2 fully saturated rings. The minimum Gasteiger partial charge on any atom is -0.385 e. The fraction of sp³-hybridized carbons (Fsp3) is 0.812. The average Bonchev–Trinajstić information content (AvgIpc) is 2.88. The van der Waals surface area contributed by atoms with Crippen molar-refractivity contribution in [3.63, 3.8) is 0 Å². The largest absolute Gasteiger partial charge is 0.385 e. The standard InChI is InChI=1S/C16H27N3O2/c1-18-10-7-17-16(18)15(20)13-5-8-19(9-6-13)11-12-21-14-3-2-4-14/h7,10,13-15,20H,2-6,8-9,11-12H2,1H3. The first-order valence-electron chi connectivity index (χ1n) is 8.23. The summed E-state index contributed by atoms with van der Waals surface area (Å²) in [6.45, 7) is 4.00. The van der Waals surface area contributed by atoms with Crippen LogP contribution in [0.3, 0.4) is 0 Å². The van der Waals surface area contributed by atoms with Gasteiger partial charge in [-0.25, -0.2) is 4.98 Å². The van der Waals surface area contributed by atoms with Gasteiger partial charge in [-0.05, 0) is 51.1 Å². The van der Waals surface area contributed by atoms with Crippen molar-refractivity contribution >= 4 is 0 Å². The van der Waals surface area contributed by atoms with E-state index < -0.39 is 6.10 Å². The summed E-state index contributed by atoms with van der Waals surface area (Å²) in [6, 6.07) is 0. The first-order valence-corrected chi connectivity index (χ1v) is 8.23. The number of rotatable bonds is 6. The highest BCUT2D eigenvalue weighted by molar-refractivity contribution is 4.98. The number of aryl methyl sites for hydroxylation is 1. The van der Waals surface area contributed by atoms with E-state index in [1.807, 2.05) is 17.8 Å². The molecule has 1 unspecified atom stereocenters. The molecule has 1 saturated heterocycles. The van der Waals surface area contributed by atoms with Gasteiger partial charge in [-0.2, -0.15) is 0 Å². The maximum Gasteiger partial charge on any atom is 0.137 e. The SMILES string of the molecule is Cn1ccnc1C(O)C1CCN(CCOC2CCC2)CC1. The van der Waals surface area contributed by atoms with Crippen LogP contribution in [0.15, 0.2) is 12.4 Å². The Bertz CT molecular complexity index is 436. The van der Waals surface area contributed by atoms with Gasteiger partial charge in [0.2, 0.25) is 0 Å². The molecule has 1 saturated carbocycles. The molecule has 21 heavy (non-hydrogen) atoms. The fourth-order valence-electron chi connectivity index (χ4n) is 3.25. The third kappa shape index (κ3) is 3.65. The zero-order valence-electron chi connectivity index (χ0n) is 12.9. The lowest BCUT2D eigenvalue weighted by molar-refractivity contribution is -0.0151. The molecule has 5 nitrogen and oxygen atoms in total. The number of aromatic nitrogens is 2. The number of nitrogens with zero attached hydrogens (tertiary/aromatic N) is 3. The molecule has 1 atom stereocenters. The molecule has 1 aliphatic carbocycles. The maximum atomic E-state index is 10.5. The van der Waals surface area contributed by atoms with E-state index in [1.165, 1.54) is 19.3 Å². The van der Waals surface area contributed by atoms with E-state index in [9.17, 15) is 5.11 Å². The molecule has 0 spiro atoms. The number of hydrogen-bond donors (Lipinski definition) is 1. The van der Waals surface area contributed by atoms with Gasteiger partial charge in [-0.3, -0.25) is 0 Å². The number of ether oxygens (including phenoxy) is 1. The zero-order chi connectivity index (χ0) is 14.7. The van der Waals surface area contributed by atoms with E-state index in [0.717, 1.165) is 44.9 Å². The van der Waals surface area contributed by atoms with Gasteiger partial charge in [0.1, 0.15) is 11.9 Å². The van der Waals surface area contributed by atoms with E-state index >= 15 is 0 Å². The minimum atomic E-state index is -0.432. The lowest BCUT2D eigenvalue weighted by Crippen LogP contribution is -2.38. The molecule has 2 aliphatic rings. The molecule has 1 aromatic heterocycles. The molecule has 0 amide bonds. The summed E-state index contributed by atoms with van der Waals surface area (Å²) < 4.78 is 7.75. The van der Waals surface area contributed by atoms with Crippen LogP contribution < -0.4 is 0 Å². The Morgan fingerprint density at radius 1 is 1.33 bits per heavy atom. The van der Waals surface area contributed by atoms with Gasteiger partial charge in [-0.1, -0.05) is 0 Å². The number of hydrogen-bond acceptors (Lipinski definition) is 4. The normalized spacial score (nSPS) is 23.1. The molecule has 3 rings (SSSR count). The number of aliphatic hydroxyl groups excluding tert-OH is 1. The summed E-state index contributed by atoms with van der Waals surface area (Å²) in [7, 11) is 1.94. The van der Waals surface area contributed by atoms with Gasteiger partial charge in [-0.15, -0.1) is 0 Å². The molecular weight excluding hydrogens is 266 g/mol. The lowest BCUT2D eigenvalue weighted by atomic mass is 9.91. The molecule has 0 radical (unpaired) electrons. The summed E-state index contributed by atoms with van der Waals surface area (Å²) in [6.07, 6.45) is 9.66. The maximum absolute atomic E-state index is 10.5. The Balaban J connectivity index is 1.39. The van der Waals surface area contributed by atoms with E-state index in [4.69, 9.17) is 4.74 Å². The van der Waals surface area contributed by atoms with Crippen molar-refractivity contribution in [2.45, 2.75) is 44.3 Å². The Kier molecular flexibility index (Phi) is 4.93. The van der Waals surface area contributed by atoms with Crippen LogP contribution in [0.4, 0.5) is 0 Å². The molecule has 1 N–H and O–H groups in total. The second-order valence-electron chi connectivity index (χ2n) is 6.44. The average molecular weight is 293 g/mol. The summed E-state index contributed by atoms with van der Waals surface area (Å²) in [4.78, 5) is 6.73. The molecule has 1 aliphatic heterocycles. The highest BCUT2D eigenvalue weighted by atomic mass is 16.5. The zero-order valence-corrected chi connectivity index (χ0v) is 12.9. The van der Waals surface area contributed by atoms with E-state index in [1.54, 1.807) is 6.20 Å². The minimum absolute atomic E-state index is 0.329. The summed E-state index contributed by atoms with van der Waals surface area (Å²) in [5.74, 6) is 1.12. The Hall–Kier alpha value is -0.910. The fourth-order valence-corrected chi connectivity index (χ4v) is 3.25. The summed E-state index contributed by atoms with van der Waals surface area (Å²) in [5.41, 5.74) is 0. The molecule has 2 heterocycles. The molecule has 0 bridgehead atoms. The van der Waals surface area contributed by atoms with E-state index in [2.05, 4.69) is 9.88 Å². The molecular formula is C16H27N3O2. The first kappa shape index (κ1) is 15.0. The van der Waals surface area contributed by atoms with Crippen LogP contribution in [0, 0.1) is 5.92 Å². The molecule has 0 aromatic carbocycles. The number of imidazole rings is 1. The van der Waals surface area contributed by atoms with Crippen molar-refractivity contribution < 1.29 is 9.84 Å². The van der Waals surface area contributed by atoms with Gasteiger partial charge in [0.15, 0.2) is 0 Å². The summed E-state index contributed by atoms with van der Waals surface area (Å²) in [5, 5.41) is 10.5. The van der Waals surface area contributed by atoms with Crippen LogP contribution in [0.1, 0.15) is 44.0 Å². The predicted octanol–water partition coefficient (Wildman–Crippen LogP) is 1.73. The third-order valence-corrected chi connectivity index (χ3v) is 5.02. The van der Waals surface area contributed by atoms with Crippen LogP contribution in [0.5, 0.6) is 0 Å². The van der Waals surface area contributed by atoms with Crippen molar-refractivity contribution in [3.8, 4) is 0 Å². The summed E-state index contributed by atoms with van der Waals surface area (Å²) >= 11 is 0. The van der Waals surface area contributed by atoms with Crippen molar-refractivity contribution in [1.82, 2.24) is 14.5 Å². The Morgan fingerprint density at radius 3 is 2.67 bits per heavy atom. The van der Waals surface area contributed by atoms with E-state index in [0.29, 0.717) is 12.0 Å². The van der Waals surface area contributed by atoms with Crippen LogP contribution in [0.2, 0.25) is 0 Å². The van der Waals surface area contributed by atoms with Gasteiger partial charge in [0.05, 0.1) is 12.7 Å². The quantitative estimate of drug-likeness (QED) is 0.868. The smallest absolute Gasteiger partial charge is 0.137 e. The van der Waals surface area contributed by atoms with Crippen LogP contribution in [-0.2, 0) is 11.8 Å². The van der Waals surface area contributed by atoms with Gasteiger partial charge < -0.3 is 19.3 Å². The lowest BCUT2D eigenvalue weighted by Gasteiger charge is -2.34. The van der Waals surface area contributed by atoms with Crippen molar-refractivity contribution in [2.75, 3.05) is 26.2 Å². The monoisotopic (exact) mass is 293 g/mol. The Labute approximate surface area is 126 Å². The van der Waals surface area contributed by atoms with Crippen LogP contribution in [-0.4, -0.2) is 51.9 Å². The van der Waals surface area contributed by atoms with Gasteiger partial charge in [0, 0.05) is 26.0 Å². The van der Waals surface area contributed by atoms with Crippen molar-refractivity contribution in [3.05, 3.63) is 18.2 Å². The third-order valence-electron chi connectivity index (χ3n) is 5.02. The van der Waals surface area contributed by atoms with Crippen LogP contribution >= 0.6 is 0 Å². The molecule has 118 valence electrons. The topological polar surface area (TPSA) is 50.5 Å². The first-order chi connectivity index (χ1) is 10.2. The van der Waals surface area contributed by atoms with Crippen molar-refractivity contribution in [1.29, 1.82) is 0 Å². The van der Waals surface area contributed by atoms with Crippen LogP contribution in [0.25, 0.3) is 0 Å². The van der Waals surface area contributed by atoms with E-state index in [-0.39, 0.29) is 0 Å². The number of likely N-dealkylation sites (tertiary alicyclic amines) is 1. The molecule has 1 aromatic rings. The highest BCUT2D eigenvalue weighted by Gasteiger charge is 2.28. The van der Waals surface area contributed by atoms with Gasteiger partial charge in [0.25, 0.3) is 0 Å². The second-order valence-corrected chi connectivity index (χ2v) is 6.44. The molecule has 5 heteroatoms. The van der Waals surface area contributed by atoms with Crippen molar-refractivity contribution in [2.24, 2.45) is 13.0 Å². The second kappa shape index (κ2) is 6.90.